The summed E-state index contributed by atoms with van der Waals surface area (Å²) in [6.45, 7) is 1.37. The van der Waals surface area contributed by atoms with E-state index in [0.29, 0.717) is 6.42 Å². The predicted molar refractivity (Wildman–Crippen MR) is 110 cm³/mol. The number of hydrogen-bond acceptors (Lipinski definition) is 5. The Hall–Kier alpha value is -2.52. The van der Waals surface area contributed by atoms with Gasteiger partial charge in [-0.25, -0.2) is 0 Å². The van der Waals surface area contributed by atoms with Crippen LogP contribution >= 0.6 is 11.8 Å². The SMILES string of the molecule is CSCCC(N)C(=O)NC(Cc1c[nH]c2ccccc12)C(=O)NC(C)C(=O)O. The van der Waals surface area contributed by atoms with Gasteiger partial charge in [-0.2, -0.15) is 11.8 Å². The minimum absolute atomic E-state index is 0.211. The fourth-order valence-corrected chi connectivity index (χ4v) is 3.25. The third-order valence-corrected chi connectivity index (χ3v) is 5.07. The monoisotopic (exact) mass is 406 g/mol. The van der Waals surface area contributed by atoms with Crippen molar-refractivity contribution in [1.82, 2.24) is 15.6 Å². The topological polar surface area (TPSA) is 137 Å². The number of amides is 2. The average molecular weight is 407 g/mol. The molecule has 0 radical (unpaired) electrons. The van der Waals surface area contributed by atoms with Crippen LogP contribution in [0.3, 0.4) is 0 Å². The van der Waals surface area contributed by atoms with Gasteiger partial charge in [0.2, 0.25) is 11.8 Å². The molecule has 0 fully saturated rings. The zero-order valence-corrected chi connectivity index (χ0v) is 16.7. The van der Waals surface area contributed by atoms with Crippen LogP contribution in [0.25, 0.3) is 10.9 Å². The number of thioether (sulfide) groups is 1. The molecular weight excluding hydrogens is 380 g/mol. The van der Waals surface area contributed by atoms with Crippen LogP contribution in [0.5, 0.6) is 0 Å². The molecule has 3 atom stereocenters. The number of nitrogens with one attached hydrogen (secondary N) is 3. The average Bonchev–Trinajstić information content (AvgIpc) is 3.08. The lowest BCUT2D eigenvalue weighted by Crippen LogP contribution is -2.54. The molecule has 1 heterocycles. The number of hydrogen-bond donors (Lipinski definition) is 5. The highest BCUT2D eigenvalue weighted by molar-refractivity contribution is 7.98. The van der Waals surface area contributed by atoms with Crippen LogP contribution in [-0.4, -0.2) is 58.0 Å². The maximum atomic E-state index is 12.6. The Labute approximate surface area is 167 Å². The maximum Gasteiger partial charge on any atom is 0.325 e. The number of carboxylic acid groups (broad SMARTS) is 1. The van der Waals surface area contributed by atoms with Crippen LogP contribution in [0.2, 0.25) is 0 Å². The molecule has 9 heteroatoms. The summed E-state index contributed by atoms with van der Waals surface area (Å²) in [6, 6.07) is 4.88. The molecule has 2 aromatic rings. The summed E-state index contributed by atoms with van der Waals surface area (Å²) in [5.41, 5.74) is 7.67. The van der Waals surface area contributed by atoms with Gasteiger partial charge in [0.05, 0.1) is 6.04 Å². The standard InChI is InChI=1S/C19H26N4O4S/c1-11(19(26)27)22-18(25)16(23-17(24)14(20)7-8-28-2)9-12-10-21-15-6-4-3-5-13(12)15/h3-6,10-11,14,16,21H,7-9,20H2,1-2H3,(H,22,25)(H,23,24)(H,26,27). The lowest BCUT2D eigenvalue weighted by Gasteiger charge is -2.21. The molecule has 2 rings (SSSR count). The molecule has 0 spiro atoms. The highest BCUT2D eigenvalue weighted by Crippen LogP contribution is 2.19. The molecule has 8 nitrogen and oxygen atoms in total. The van der Waals surface area contributed by atoms with E-state index in [9.17, 15) is 14.4 Å². The number of para-hydroxylation sites is 1. The molecule has 152 valence electrons. The van der Waals surface area contributed by atoms with E-state index in [0.717, 1.165) is 22.2 Å². The summed E-state index contributed by atoms with van der Waals surface area (Å²) in [5.74, 6) is -1.42. The van der Waals surface area contributed by atoms with E-state index in [-0.39, 0.29) is 6.42 Å². The Kier molecular flexibility index (Phi) is 7.89. The van der Waals surface area contributed by atoms with Crippen LogP contribution in [0, 0.1) is 0 Å². The number of nitrogens with two attached hydrogens (primary N) is 1. The van der Waals surface area contributed by atoms with Crippen molar-refractivity contribution < 1.29 is 19.5 Å². The molecule has 28 heavy (non-hydrogen) atoms. The molecule has 2 amide bonds. The number of carbonyl (C=O) groups is 3. The van der Waals surface area contributed by atoms with E-state index < -0.39 is 35.9 Å². The van der Waals surface area contributed by atoms with Gasteiger partial charge in [-0.3, -0.25) is 14.4 Å². The van der Waals surface area contributed by atoms with Crippen LogP contribution in [0.4, 0.5) is 0 Å². The maximum absolute atomic E-state index is 12.6. The van der Waals surface area contributed by atoms with E-state index in [2.05, 4.69) is 15.6 Å². The molecule has 1 aromatic carbocycles. The van der Waals surface area contributed by atoms with Crippen LogP contribution in [0.15, 0.2) is 30.5 Å². The van der Waals surface area contributed by atoms with Crippen molar-refractivity contribution in [3.05, 3.63) is 36.0 Å². The molecule has 0 aliphatic heterocycles. The third-order valence-electron chi connectivity index (χ3n) is 4.43. The van der Waals surface area contributed by atoms with E-state index >= 15 is 0 Å². The van der Waals surface area contributed by atoms with Crippen molar-refractivity contribution in [2.75, 3.05) is 12.0 Å². The molecule has 0 aliphatic rings. The van der Waals surface area contributed by atoms with Crippen LogP contribution in [0.1, 0.15) is 18.9 Å². The van der Waals surface area contributed by atoms with Gasteiger partial charge < -0.3 is 26.5 Å². The van der Waals surface area contributed by atoms with Gasteiger partial charge >= 0.3 is 5.97 Å². The molecular formula is C19H26N4O4S. The zero-order chi connectivity index (χ0) is 20.7. The number of benzene rings is 1. The minimum atomic E-state index is -1.15. The summed E-state index contributed by atoms with van der Waals surface area (Å²) in [5, 5.41) is 15.1. The predicted octanol–water partition coefficient (Wildman–Crippen LogP) is 0.865. The Bertz CT molecular complexity index is 838. The first kappa shape index (κ1) is 21.8. The second-order valence-corrected chi connectivity index (χ2v) is 7.57. The molecule has 1 aromatic heterocycles. The van der Waals surface area contributed by atoms with Gasteiger partial charge in [0.1, 0.15) is 12.1 Å². The largest absolute Gasteiger partial charge is 0.480 e. The molecule has 3 unspecified atom stereocenters. The second-order valence-electron chi connectivity index (χ2n) is 6.58. The fourth-order valence-electron chi connectivity index (χ4n) is 2.76. The first-order chi connectivity index (χ1) is 13.3. The quantitative estimate of drug-likeness (QED) is 0.397. The van der Waals surface area contributed by atoms with E-state index in [4.69, 9.17) is 10.8 Å². The number of aliphatic carboxylic acids is 1. The minimum Gasteiger partial charge on any atom is -0.480 e. The Balaban J connectivity index is 2.18. The number of fused-ring (bicyclic) bond motifs is 1. The summed E-state index contributed by atoms with van der Waals surface area (Å²) < 4.78 is 0. The van der Waals surface area contributed by atoms with Gasteiger partial charge in [0.25, 0.3) is 0 Å². The number of rotatable bonds is 10. The lowest BCUT2D eigenvalue weighted by molar-refractivity contribution is -0.141. The highest BCUT2D eigenvalue weighted by atomic mass is 32.2. The Morgan fingerprint density at radius 3 is 2.61 bits per heavy atom. The number of H-pyrrole nitrogens is 1. The van der Waals surface area contributed by atoms with Crippen LogP contribution < -0.4 is 16.4 Å². The molecule has 0 saturated carbocycles. The Morgan fingerprint density at radius 1 is 1.21 bits per heavy atom. The third kappa shape index (κ3) is 5.74. The van der Waals surface area contributed by atoms with Gasteiger partial charge in [-0.15, -0.1) is 0 Å². The van der Waals surface area contributed by atoms with Gasteiger partial charge in [0.15, 0.2) is 0 Å². The van der Waals surface area contributed by atoms with Gasteiger partial charge in [-0.05, 0) is 37.0 Å². The smallest absolute Gasteiger partial charge is 0.325 e. The number of carboxylic acids is 1. The molecule has 6 N–H and O–H groups in total. The van der Waals surface area contributed by atoms with Crippen molar-refractivity contribution in [2.24, 2.45) is 5.73 Å². The molecule has 0 saturated heterocycles. The summed E-state index contributed by atoms with van der Waals surface area (Å²) in [7, 11) is 0. The molecule has 0 bridgehead atoms. The number of aromatic amines is 1. The Morgan fingerprint density at radius 2 is 1.93 bits per heavy atom. The summed E-state index contributed by atoms with van der Waals surface area (Å²) in [6.07, 6.45) is 4.40. The summed E-state index contributed by atoms with van der Waals surface area (Å²) in [4.78, 5) is 39.3. The van der Waals surface area contributed by atoms with Crippen molar-refractivity contribution in [3.63, 3.8) is 0 Å². The second kappa shape index (κ2) is 10.1. The number of aromatic nitrogens is 1. The van der Waals surface area contributed by atoms with Crippen molar-refractivity contribution in [2.45, 2.75) is 37.9 Å². The first-order valence-electron chi connectivity index (χ1n) is 8.96. The van der Waals surface area contributed by atoms with Gasteiger partial charge in [-0.1, -0.05) is 18.2 Å². The van der Waals surface area contributed by atoms with Crippen molar-refractivity contribution >= 4 is 40.4 Å². The molecule has 0 aliphatic carbocycles. The normalized spacial score (nSPS) is 14.2. The highest BCUT2D eigenvalue weighted by Gasteiger charge is 2.27. The van der Waals surface area contributed by atoms with Crippen LogP contribution in [-0.2, 0) is 20.8 Å². The first-order valence-corrected chi connectivity index (χ1v) is 10.4. The van der Waals surface area contributed by atoms with Crippen molar-refractivity contribution in [1.29, 1.82) is 0 Å². The lowest BCUT2D eigenvalue weighted by atomic mass is 10.0. The fraction of sp³-hybridized carbons (Fsp3) is 0.421. The van der Waals surface area contributed by atoms with E-state index in [1.165, 1.54) is 6.92 Å². The zero-order valence-electron chi connectivity index (χ0n) is 15.9. The van der Waals surface area contributed by atoms with Crippen molar-refractivity contribution in [3.8, 4) is 0 Å². The number of carbonyl (C=O) groups excluding carboxylic acids is 2. The summed E-state index contributed by atoms with van der Waals surface area (Å²) >= 11 is 1.58. The van der Waals surface area contributed by atoms with E-state index in [1.54, 1.807) is 18.0 Å². The van der Waals surface area contributed by atoms with Gasteiger partial charge in [0, 0.05) is 23.5 Å². The van der Waals surface area contributed by atoms with E-state index in [1.807, 2.05) is 30.5 Å².